The van der Waals surface area contributed by atoms with Crippen molar-refractivity contribution >= 4 is 16.8 Å². The Morgan fingerprint density at radius 3 is 2.73 bits per heavy atom. The number of aryl methyl sites for hydroxylation is 1. The highest BCUT2D eigenvalue weighted by Gasteiger charge is 2.17. The van der Waals surface area contributed by atoms with Gasteiger partial charge in [-0.05, 0) is 36.2 Å². The fourth-order valence-electron chi connectivity index (χ4n) is 3.70. The number of amides is 1. The maximum absolute atomic E-state index is 12.8. The molecule has 0 atom stereocenters. The zero-order valence-corrected chi connectivity index (χ0v) is 17.2. The van der Waals surface area contributed by atoms with E-state index in [4.69, 9.17) is 9.47 Å². The smallest absolute Gasteiger partial charge is 0.255 e. The van der Waals surface area contributed by atoms with Crippen molar-refractivity contribution in [1.29, 1.82) is 0 Å². The summed E-state index contributed by atoms with van der Waals surface area (Å²) >= 11 is 0. The normalized spacial score (nSPS) is 10.9. The van der Waals surface area contributed by atoms with Gasteiger partial charge in [0.15, 0.2) is 11.5 Å². The zero-order valence-electron chi connectivity index (χ0n) is 17.2. The first-order chi connectivity index (χ1) is 14.6. The predicted molar refractivity (Wildman–Crippen MR) is 116 cm³/mol. The summed E-state index contributed by atoms with van der Waals surface area (Å²) in [4.78, 5) is 12.8. The number of hydrogen-bond donors (Lipinski definition) is 2. The summed E-state index contributed by atoms with van der Waals surface area (Å²) in [6, 6.07) is 13.8. The van der Waals surface area contributed by atoms with Crippen LogP contribution in [0.2, 0.25) is 0 Å². The monoisotopic (exact) mass is 404 g/mol. The summed E-state index contributed by atoms with van der Waals surface area (Å²) in [5.41, 5.74) is 4.31. The highest BCUT2D eigenvalue weighted by atomic mass is 16.5. The topological polar surface area (TPSA) is 81.2 Å². The van der Waals surface area contributed by atoms with Crippen molar-refractivity contribution in [3.05, 3.63) is 66.0 Å². The summed E-state index contributed by atoms with van der Waals surface area (Å²) in [7, 11) is 5.20. The third-order valence-electron chi connectivity index (χ3n) is 5.22. The third-order valence-corrected chi connectivity index (χ3v) is 5.22. The molecule has 30 heavy (non-hydrogen) atoms. The van der Waals surface area contributed by atoms with E-state index in [0.717, 1.165) is 12.0 Å². The molecule has 0 saturated heterocycles. The standard InChI is InChI=1S/C23H24N4O3/c1-27-14-16(17-6-4-5-7-19(17)27)10-11-24-23(28)18-13-25-26-22(18)15-8-9-20(29-2)21(12-15)30-3/h4-9,12-14H,10-11H2,1-3H3,(H,24,28)(H,25,26). The number of carbonyl (C=O) groups is 1. The number of para-hydroxylation sites is 1. The van der Waals surface area contributed by atoms with Crippen LogP contribution in [0.25, 0.3) is 22.2 Å². The lowest BCUT2D eigenvalue weighted by Gasteiger charge is -2.10. The van der Waals surface area contributed by atoms with Crippen LogP contribution in [0.5, 0.6) is 11.5 Å². The molecular formula is C23H24N4O3. The molecule has 2 aromatic carbocycles. The van der Waals surface area contributed by atoms with Gasteiger partial charge in [0.2, 0.25) is 0 Å². The number of ether oxygens (including phenoxy) is 2. The second-order valence-corrected chi connectivity index (χ2v) is 7.02. The Morgan fingerprint density at radius 1 is 1.13 bits per heavy atom. The number of carbonyl (C=O) groups excluding carboxylic acids is 1. The molecular weight excluding hydrogens is 380 g/mol. The number of rotatable bonds is 7. The van der Waals surface area contributed by atoms with Gasteiger partial charge in [-0.3, -0.25) is 9.89 Å². The average Bonchev–Trinajstić information content (AvgIpc) is 3.39. The molecule has 2 aromatic heterocycles. The molecule has 7 heteroatoms. The first-order valence-electron chi connectivity index (χ1n) is 9.69. The van der Waals surface area contributed by atoms with Gasteiger partial charge in [0, 0.05) is 36.3 Å². The second kappa shape index (κ2) is 8.32. The SMILES string of the molecule is COc1ccc(-c2[nH]ncc2C(=O)NCCc2cn(C)c3ccccc23)cc1OC. The van der Waals surface area contributed by atoms with E-state index in [9.17, 15) is 4.79 Å². The minimum absolute atomic E-state index is 0.172. The minimum atomic E-state index is -0.172. The Hall–Kier alpha value is -3.74. The van der Waals surface area contributed by atoms with Crippen LogP contribution < -0.4 is 14.8 Å². The van der Waals surface area contributed by atoms with E-state index in [2.05, 4.69) is 38.4 Å². The zero-order chi connectivity index (χ0) is 21.1. The van der Waals surface area contributed by atoms with Gasteiger partial charge in [-0.15, -0.1) is 0 Å². The molecule has 0 radical (unpaired) electrons. The summed E-state index contributed by atoms with van der Waals surface area (Å²) in [6.07, 6.45) is 4.40. The van der Waals surface area contributed by atoms with E-state index >= 15 is 0 Å². The van der Waals surface area contributed by atoms with Crippen LogP contribution >= 0.6 is 0 Å². The number of methoxy groups -OCH3 is 2. The summed E-state index contributed by atoms with van der Waals surface area (Å²) < 4.78 is 12.8. The molecule has 154 valence electrons. The molecule has 2 heterocycles. The first kappa shape index (κ1) is 19.6. The van der Waals surface area contributed by atoms with Crippen molar-refractivity contribution in [2.75, 3.05) is 20.8 Å². The fourth-order valence-corrected chi connectivity index (χ4v) is 3.70. The van der Waals surface area contributed by atoms with E-state index < -0.39 is 0 Å². The van der Waals surface area contributed by atoms with Gasteiger partial charge < -0.3 is 19.4 Å². The summed E-state index contributed by atoms with van der Waals surface area (Å²) in [6.45, 7) is 0.531. The molecule has 0 aliphatic carbocycles. The molecule has 0 aliphatic rings. The maximum atomic E-state index is 12.8. The van der Waals surface area contributed by atoms with Crippen LogP contribution in [0.15, 0.2) is 54.9 Å². The Balaban J connectivity index is 1.48. The van der Waals surface area contributed by atoms with Crippen LogP contribution in [-0.2, 0) is 13.5 Å². The average molecular weight is 404 g/mol. The molecule has 0 saturated carbocycles. The number of aromatic nitrogens is 3. The van der Waals surface area contributed by atoms with E-state index in [1.54, 1.807) is 26.5 Å². The first-order valence-corrected chi connectivity index (χ1v) is 9.69. The second-order valence-electron chi connectivity index (χ2n) is 7.02. The molecule has 4 aromatic rings. The van der Waals surface area contributed by atoms with Gasteiger partial charge in [-0.1, -0.05) is 18.2 Å². The lowest BCUT2D eigenvalue weighted by molar-refractivity contribution is 0.0955. The Morgan fingerprint density at radius 2 is 1.93 bits per heavy atom. The van der Waals surface area contributed by atoms with Crippen LogP contribution in [0.1, 0.15) is 15.9 Å². The molecule has 4 rings (SSSR count). The Kier molecular flexibility index (Phi) is 5.43. The van der Waals surface area contributed by atoms with E-state index in [1.807, 2.05) is 31.3 Å². The predicted octanol–water partition coefficient (Wildman–Crippen LogP) is 3.56. The van der Waals surface area contributed by atoms with Gasteiger partial charge in [-0.25, -0.2) is 0 Å². The molecule has 0 bridgehead atoms. The quantitative estimate of drug-likeness (QED) is 0.494. The Bertz CT molecular complexity index is 1190. The lowest BCUT2D eigenvalue weighted by atomic mass is 10.1. The van der Waals surface area contributed by atoms with Crippen molar-refractivity contribution in [3.63, 3.8) is 0 Å². The number of H-pyrrole nitrogens is 1. The number of aromatic amines is 1. The molecule has 0 aliphatic heterocycles. The molecule has 1 amide bonds. The highest BCUT2D eigenvalue weighted by molar-refractivity contribution is 5.99. The van der Waals surface area contributed by atoms with Gasteiger partial charge in [-0.2, -0.15) is 5.10 Å². The number of nitrogens with one attached hydrogen (secondary N) is 2. The number of fused-ring (bicyclic) bond motifs is 1. The van der Waals surface area contributed by atoms with Crippen LogP contribution in [0.3, 0.4) is 0 Å². The largest absolute Gasteiger partial charge is 0.493 e. The van der Waals surface area contributed by atoms with Crippen LogP contribution in [0, 0.1) is 0 Å². The molecule has 7 nitrogen and oxygen atoms in total. The van der Waals surface area contributed by atoms with E-state index in [-0.39, 0.29) is 5.91 Å². The fraction of sp³-hybridized carbons (Fsp3) is 0.217. The molecule has 0 spiro atoms. The number of nitrogens with zero attached hydrogens (tertiary/aromatic N) is 2. The van der Waals surface area contributed by atoms with E-state index in [0.29, 0.717) is 29.3 Å². The van der Waals surface area contributed by atoms with Crippen LogP contribution in [-0.4, -0.2) is 41.4 Å². The summed E-state index contributed by atoms with van der Waals surface area (Å²) in [5.74, 6) is 1.04. The maximum Gasteiger partial charge on any atom is 0.255 e. The van der Waals surface area contributed by atoms with Gasteiger partial charge in [0.1, 0.15) is 0 Å². The highest BCUT2D eigenvalue weighted by Crippen LogP contribution is 2.32. The Labute approximate surface area is 174 Å². The van der Waals surface area contributed by atoms with Crippen molar-refractivity contribution in [1.82, 2.24) is 20.1 Å². The van der Waals surface area contributed by atoms with Crippen molar-refractivity contribution in [3.8, 4) is 22.8 Å². The molecule has 0 fully saturated rings. The van der Waals surface area contributed by atoms with E-state index in [1.165, 1.54) is 16.5 Å². The minimum Gasteiger partial charge on any atom is -0.493 e. The van der Waals surface area contributed by atoms with Crippen molar-refractivity contribution in [2.45, 2.75) is 6.42 Å². The molecule has 2 N–H and O–H groups in total. The lowest BCUT2D eigenvalue weighted by Crippen LogP contribution is -2.25. The van der Waals surface area contributed by atoms with Gasteiger partial charge in [0.25, 0.3) is 5.91 Å². The van der Waals surface area contributed by atoms with Crippen molar-refractivity contribution < 1.29 is 14.3 Å². The molecule has 0 unspecified atom stereocenters. The third kappa shape index (κ3) is 3.61. The van der Waals surface area contributed by atoms with Crippen molar-refractivity contribution in [2.24, 2.45) is 7.05 Å². The summed E-state index contributed by atoms with van der Waals surface area (Å²) in [5, 5.41) is 11.2. The number of benzene rings is 2. The van der Waals surface area contributed by atoms with Crippen LogP contribution in [0.4, 0.5) is 0 Å². The van der Waals surface area contributed by atoms with Gasteiger partial charge in [0.05, 0.1) is 31.7 Å². The number of hydrogen-bond acceptors (Lipinski definition) is 4. The van der Waals surface area contributed by atoms with Gasteiger partial charge >= 0.3 is 0 Å².